The third-order valence-corrected chi connectivity index (χ3v) is 2.77. The van der Waals surface area contributed by atoms with Crippen LogP contribution in [0.5, 0.6) is 0 Å². The second kappa shape index (κ2) is 5.36. The fourth-order valence-electron chi connectivity index (χ4n) is 1.65. The summed E-state index contributed by atoms with van der Waals surface area (Å²) in [5, 5.41) is 2.39. The smallest absolute Gasteiger partial charge is 0.255 e. The summed E-state index contributed by atoms with van der Waals surface area (Å²) < 4.78 is 26.2. The Morgan fingerprint density at radius 3 is 2.53 bits per heavy atom. The van der Waals surface area contributed by atoms with Gasteiger partial charge in [-0.15, -0.1) is 0 Å². The number of anilines is 1. The van der Waals surface area contributed by atoms with Crippen molar-refractivity contribution >= 4 is 23.2 Å². The van der Waals surface area contributed by atoms with E-state index in [9.17, 15) is 13.6 Å². The highest BCUT2D eigenvalue weighted by molar-refractivity contribution is 6.31. The summed E-state index contributed by atoms with van der Waals surface area (Å²) in [5.41, 5.74) is 1.23. The Morgan fingerprint density at radius 2 is 1.89 bits per heavy atom. The number of nitrogens with one attached hydrogen (secondary N) is 1. The first-order chi connectivity index (χ1) is 8.95. The molecule has 0 spiro atoms. The minimum absolute atomic E-state index is 0.136. The Labute approximate surface area is 114 Å². The summed E-state index contributed by atoms with van der Waals surface area (Å²) in [5.74, 6) is -1.51. The Morgan fingerprint density at radius 1 is 1.16 bits per heavy atom. The SMILES string of the molecule is Cc1cc(F)cc(NC(=O)c2ccc(F)c(Cl)c2)c1. The average Bonchev–Trinajstić information content (AvgIpc) is 2.31. The lowest BCUT2D eigenvalue weighted by Gasteiger charge is -2.07. The van der Waals surface area contributed by atoms with Crippen LogP contribution in [0.2, 0.25) is 5.02 Å². The molecular weight excluding hydrogens is 272 g/mol. The molecule has 0 saturated heterocycles. The number of benzene rings is 2. The molecule has 0 bridgehead atoms. The van der Waals surface area contributed by atoms with Gasteiger partial charge in [-0.25, -0.2) is 8.78 Å². The molecule has 0 radical (unpaired) electrons. The van der Waals surface area contributed by atoms with E-state index >= 15 is 0 Å². The summed E-state index contributed by atoms with van der Waals surface area (Å²) in [4.78, 5) is 11.9. The molecule has 0 fully saturated rings. The van der Waals surface area contributed by atoms with Crippen LogP contribution in [0.1, 0.15) is 15.9 Å². The van der Waals surface area contributed by atoms with Crippen LogP contribution in [0.15, 0.2) is 36.4 Å². The van der Waals surface area contributed by atoms with E-state index in [-0.39, 0.29) is 10.6 Å². The van der Waals surface area contributed by atoms with Gasteiger partial charge in [0, 0.05) is 11.3 Å². The minimum atomic E-state index is -0.597. The second-order valence-electron chi connectivity index (χ2n) is 4.10. The molecule has 2 aromatic rings. The van der Waals surface area contributed by atoms with Crippen molar-refractivity contribution in [1.29, 1.82) is 0 Å². The maximum absolute atomic E-state index is 13.2. The van der Waals surface area contributed by atoms with E-state index in [1.54, 1.807) is 13.0 Å². The molecule has 1 amide bonds. The largest absolute Gasteiger partial charge is 0.322 e. The first-order valence-electron chi connectivity index (χ1n) is 5.49. The number of amides is 1. The molecule has 2 nitrogen and oxygen atoms in total. The van der Waals surface area contributed by atoms with Gasteiger partial charge in [0.2, 0.25) is 0 Å². The van der Waals surface area contributed by atoms with E-state index in [0.29, 0.717) is 11.3 Å². The van der Waals surface area contributed by atoms with Gasteiger partial charge >= 0.3 is 0 Å². The van der Waals surface area contributed by atoms with Gasteiger partial charge in [-0.2, -0.15) is 0 Å². The Balaban J connectivity index is 2.22. The van der Waals surface area contributed by atoms with Gasteiger partial charge in [0.05, 0.1) is 5.02 Å². The van der Waals surface area contributed by atoms with E-state index in [1.807, 2.05) is 0 Å². The van der Waals surface area contributed by atoms with Crippen LogP contribution in [-0.2, 0) is 0 Å². The molecule has 0 atom stereocenters. The molecule has 0 saturated carbocycles. The van der Waals surface area contributed by atoms with Crippen LogP contribution in [0.25, 0.3) is 0 Å². The maximum atomic E-state index is 13.2. The van der Waals surface area contributed by atoms with E-state index in [2.05, 4.69) is 5.32 Å². The van der Waals surface area contributed by atoms with Crippen molar-refractivity contribution in [3.63, 3.8) is 0 Å². The molecule has 0 aromatic heterocycles. The van der Waals surface area contributed by atoms with Crippen molar-refractivity contribution in [2.24, 2.45) is 0 Å². The summed E-state index contributed by atoms with van der Waals surface area (Å²) in [6.07, 6.45) is 0. The fraction of sp³-hybridized carbons (Fsp3) is 0.0714. The Kier molecular flexibility index (Phi) is 3.81. The molecule has 98 valence electrons. The number of hydrogen-bond acceptors (Lipinski definition) is 1. The van der Waals surface area contributed by atoms with Gasteiger partial charge < -0.3 is 5.32 Å². The molecule has 0 aliphatic carbocycles. The van der Waals surface area contributed by atoms with Gasteiger partial charge in [-0.05, 0) is 48.9 Å². The highest BCUT2D eigenvalue weighted by atomic mass is 35.5. The number of aryl methyl sites for hydroxylation is 1. The lowest BCUT2D eigenvalue weighted by molar-refractivity contribution is 0.102. The third-order valence-electron chi connectivity index (χ3n) is 2.48. The lowest BCUT2D eigenvalue weighted by atomic mass is 10.2. The van der Waals surface area contributed by atoms with Crippen molar-refractivity contribution < 1.29 is 13.6 Å². The minimum Gasteiger partial charge on any atom is -0.322 e. The summed E-state index contributed by atoms with van der Waals surface area (Å²) in [6.45, 7) is 1.72. The maximum Gasteiger partial charge on any atom is 0.255 e. The zero-order valence-electron chi connectivity index (χ0n) is 10.0. The predicted molar refractivity (Wildman–Crippen MR) is 70.5 cm³/mol. The molecular formula is C14H10ClF2NO. The van der Waals surface area contributed by atoms with Gasteiger partial charge in [0.15, 0.2) is 0 Å². The van der Waals surface area contributed by atoms with Crippen molar-refractivity contribution in [1.82, 2.24) is 0 Å². The van der Waals surface area contributed by atoms with Crippen LogP contribution >= 0.6 is 11.6 Å². The fourth-order valence-corrected chi connectivity index (χ4v) is 1.83. The first kappa shape index (κ1) is 13.5. The monoisotopic (exact) mass is 281 g/mol. The average molecular weight is 282 g/mol. The van der Waals surface area contributed by atoms with E-state index in [4.69, 9.17) is 11.6 Å². The van der Waals surface area contributed by atoms with E-state index in [1.165, 1.54) is 24.3 Å². The number of rotatable bonds is 2. The summed E-state index contributed by atoms with van der Waals surface area (Å²) >= 11 is 5.60. The first-order valence-corrected chi connectivity index (χ1v) is 5.87. The predicted octanol–water partition coefficient (Wildman–Crippen LogP) is 4.18. The van der Waals surface area contributed by atoms with Gasteiger partial charge in [-0.3, -0.25) is 4.79 Å². The van der Waals surface area contributed by atoms with Crippen molar-refractivity contribution in [2.75, 3.05) is 5.32 Å². The van der Waals surface area contributed by atoms with Crippen LogP contribution < -0.4 is 5.32 Å². The van der Waals surface area contributed by atoms with Gasteiger partial charge in [0.25, 0.3) is 5.91 Å². The van der Waals surface area contributed by atoms with Crippen LogP contribution in [0.3, 0.4) is 0 Å². The molecule has 19 heavy (non-hydrogen) atoms. The molecule has 0 unspecified atom stereocenters. The quantitative estimate of drug-likeness (QED) is 0.879. The highest BCUT2D eigenvalue weighted by Gasteiger charge is 2.09. The number of halogens is 3. The zero-order valence-corrected chi connectivity index (χ0v) is 10.8. The number of carbonyl (C=O) groups excluding carboxylic acids is 1. The molecule has 5 heteroatoms. The van der Waals surface area contributed by atoms with Crippen molar-refractivity contribution in [3.8, 4) is 0 Å². The normalized spacial score (nSPS) is 10.3. The Bertz CT molecular complexity index is 623. The molecule has 0 heterocycles. The van der Waals surface area contributed by atoms with E-state index in [0.717, 1.165) is 6.07 Å². The van der Waals surface area contributed by atoms with Crippen molar-refractivity contribution in [3.05, 3.63) is 64.2 Å². The zero-order chi connectivity index (χ0) is 14.0. The molecule has 2 aromatic carbocycles. The molecule has 0 aliphatic rings. The third kappa shape index (κ3) is 3.29. The molecule has 2 rings (SSSR count). The van der Waals surface area contributed by atoms with Gasteiger partial charge in [-0.1, -0.05) is 11.6 Å². The standard InChI is InChI=1S/C14H10ClF2NO/c1-8-4-10(16)7-11(5-8)18-14(19)9-2-3-13(17)12(15)6-9/h2-7H,1H3,(H,18,19). The number of carbonyl (C=O) groups is 1. The van der Waals surface area contributed by atoms with Crippen LogP contribution in [0, 0.1) is 18.6 Å². The molecule has 0 aliphatic heterocycles. The van der Waals surface area contributed by atoms with Crippen LogP contribution in [-0.4, -0.2) is 5.91 Å². The van der Waals surface area contributed by atoms with E-state index < -0.39 is 17.5 Å². The van der Waals surface area contributed by atoms with Gasteiger partial charge in [0.1, 0.15) is 11.6 Å². The number of hydrogen-bond donors (Lipinski definition) is 1. The molecule has 1 N–H and O–H groups in total. The van der Waals surface area contributed by atoms with Crippen molar-refractivity contribution in [2.45, 2.75) is 6.92 Å². The lowest BCUT2D eigenvalue weighted by Crippen LogP contribution is -2.12. The Hall–Kier alpha value is -1.94. The summed E-state index contributed by atoms with van der Waals surface area (Å²) in [6, 6.07) is 7.82. The topological polar surface area (TPSA) is 29.1 Å². The second-order valence-corrected chi connectivity index (χ2v) is 4.51. The van der Waals surface area contributed by atoms with Crippen LogP contribution in [0.4, 0.5) is 14.5 Å². The summed E-state index contributed by atoms with van der Waals surface area (Å²) in [7, 11) is 0. The highest BCUT2D eigenvalue weighted by Crippen LogP contribution is 2.18.